The van der Waals surface area contributed by atoms with Crippen LogP contribution >= 0.6 is 11.3 Å². The Bertz CT molecular complexity index is 1610. The molecule has 0 saturated carbocycles. The van der Waals surface area contributed by atoms with Crippen LogP contribution in [0.15, 0.2) is 78.4 Å². The highest BCUT2D eigenvalue weighted by Gasteiger charge is 2.48. The van der Waals surface area contributed by atoms with Gasteiger partial charge in [-0.25, -0.2) is 0 Å². The Morgan fingerprint density at radius 3 is 2.67 bits per heavy atom. The van der Waals surface area contributed by atoms with Crippen molar-refractivity contribution in [2.45, 2.75) is 39.0 Å². The van der Waals surface area contributed by atoms with Crippen LogP contribution in [0.2, 0.25) is 0 Å². The quantitative estimate of drug-likeness (QED) is 0.200. The fraction of sp³-hybridized carbons (Fsp3) is 0.200. The number of aromatic nitrogens is 2. The fourth-order valence-corrected chi connectivity index (χ4v) is 5.68. The number of fused-ring (bicyclic) bond motifs is 1. The second-order valence-electron chi connectivity index (χ2n) is 9.57. The number of benzene rings is 3. The number of aliphatic hydroxyl groups excluding tert-OH is 1. The molecule has 1 saturated heterocycles. The van der Waals surface area contributed by atoms with Crippen LogP contribution in [-0.2, 0) is 22.6 Å². The van der Waals surface area contributed by atoms with Crippen LogP contribution in [0.4, 0.5) is 5.13 Å². The molecule has 1 N–H and O–H groups in total. The molecule has 1 amide bonds. The zero-order valence-electron chi connectivity index (χ0n) is 21.3. The van der Waals surface area contributed by atoms with E-state index in [4.69, 9.17) is 9.47 Å². The first-order chi connectivity index (χ1) is 18.9. The Morgan fingerprint density at radius 1 is 1.08 bits per heavy atom. The van der Waals surface area contributed by atoms with Crippen molar-refractivity contribution in [2.75, 3.05) is 4.90 Å². The summed E-state index contributed by atoms with van der Waals surface area (Å²) in [5, 5.41) is 20.6. The first-order valence-electron chi connectivity index (χ1n) is 12.6. The predicted molar refractivity (Wildman–Crippen MR) is 147 cm³/mol. The second-order valence-corrected chi connectivity index (χ2v) is 10.7. The molecule has 3 aromatic carbocycles. The second kappa shape index (κ2) is 9.99. The molecular formula is C30H25N3O5S. The van der Waals surface area contributed by atoms with Gasteiger partial charge in [-0.2, -0.15) is 0 Å². The molecule has 0 radical (unpaired) electrons. The highest BCUT2D eigenvalue weighted by molar-refractivity contribution is 7.15. The van der Waals surface area contributed by atoms with E-state index >= 15 is 0 Å². The first-order valence-corrected chi connectivity index (χ1v) is 13.4. The average Bonchev–Trinajstić information content (AvgIpc) is 3.62. The van der Waals surface area contributed by atoms with Crippen molar-refractivity contribution in [3.8, 4) is 11.5 Å². The Labute approximate surface area is 229 Å². The number of aryl methyl sites for hydroxylation is 1. The van der Waals surface area contributed by atoms with Gasteiger partial charge in [0.1, 0.15) is 35.0 Å². The number of rotatable bonds is 6. The van der Waals surface area contributed by atoms with Crippen molar-refractivity contribution in [2.24, 2.45) is 0 Å². The fourth-order valence-electron chi connectivity index (χ4n) is 4.97. The summed E-state index contributed by atoms with van der Waals surface area (Å²) in [4.78, 5) is 28.2. The minimum atomic E-state index is -0.916. The summed E-state index contributed by atoms with van der Waals surface area (Å²) in [6.45, 7) is 4.11. The van der Waals surface area contributed by atoms with Crippen molar-refractivity contribution in [3.63, 3.8) is 0 Å². The number of carbonyl (C=O) groups excluding carboxylic acids is 2. The van der Waals surface area contributed by atoms with E-state index in [1.165, 1.54) is 16.2 Å². The summed E-state index contributed by atoms with van der Waals surface area (Å²) in [6.07, 6.45) is 0.723. The summed E-state index contributed by atoms with van der Waals surface area (Å²) in [7, 11) is 0. The number of hydrogen-bond donors (Lipinski definition) is 1. The van der Waals surface area contributed by atoms with E-state index in [1.54, 1.807) is 37.3 Å². The predicted octanol–water partition coefficient (Wildman–Crippen LogP) is 5.38. The van der Waals surface area contributed by atoms with Crippen molar-refractivity contribution in [1.29, 1.82) is 0 Å². The lowest BCUT2D eigenvalue weighted by Gasteiger charge is -2.23. The maximum absolute atomic E-state index is 13.5. The summed E-state index contributed by atoms with van der Waals surface area (Å²) < 4.78 is 11.8. The molecule has 2 aliphatic heterocycles. The van der Waals surface area contributed by atoms with Gasteiger partial charge in [0.25, 0.3) is 5.78 Å². The summed E-state index contributed by atoms with van der Waals surface area (Å²) in [6, 6.07) is 21.4. The van der Waals surface area contributed by atoms with Gasteiger partial charge in [-0.05, 0) is 60.9 Å². The number of aliphatic hydroxyl groups is 1. The van der Waals surface area contributed by atoms with Crippen LogP contribution in [0.5, 0.6) is 11.5 Å². The molecule has 3 heterocycles. The maximum Gasteiger partial charge on any atom is 0.301 e. The van der Waals surface area contributed by atoms with Gasteiger partial charge in [0.15, 0.2) is 0 Å². The standard InChI is InChI=1S/C30H25N3O5S/c1-17-13-22-14-21(11-12-24(22)38-17)27(34)25-26(33(29(36)28(25)35)30-32-31-18(2)39-30)20-9-6-10-23(15-20)37-16-19-7-4-3-5-8-19/h3-12,14-15,17,26,34H,13,16H2,1-2H3/b27-25+. The lowest BCUT2D eigenvalue weighted by Crippen LogP contribution is -2.29. The van der Waals surface area contributed by atoms with Gasteiger partial charge in [-0.1, -0.05) is 53.8 Å². The van der Waals surface area contributed by atoms with Gasteiger partial charge in [-0.15, -0.1) is 10.2 Å². The highest BCUT2D eigenvalue weighted by atomic mass is 32.1. The molecule has 9 heteroatoms. The zero-order valence-corrected chi connectivity index (χ0v) is 22.1. The van der Waals surface area contributed by atoms with E-state index < -0.39 is 17.7 Å². The topological polar surface area (TPSA) is 102 Å². The third-order valence-electron chi connectivity index (χ3n) is 6.76. The maximum atomic E-state index is 13.5. The lowest BCUT2D eigenvalue weighted by atomic mass is 9.94. The van der Waals surface area contributed by atoms with Crippen LogP contribution < -0.4 is 14.4 Å². The van der Waals surface area contributed by atoms with Gasteiger partial charge >= 0.3 is 5.91 Å². The average molecular weight is 540 g/mol. The van der Waals surface area contributed by atoms with Gasteiger partial charge in [0.2, 0.25) is 5.13 Å². The number of Topliss-reactive ketones (excluding diaryl/α,β-unsaturated/α-hetero) is 1. The van der Waals surface area contributed by atoms with E-state index in [9.17, 15) is 14.7 Å². The molecule has 0 aliphatic carbocycles. The highest BCUT2D eigenvalue weighted by Crippen LogP contribution is 2.44. The number of nitrogens with zero attached hydrogens (tertiary/aromatic N) is 3. The van der Waals surface area contributed by atoms with Gasteiger partial charge < -0.3 is 14.6 Å². The number of ketones is 1. The molecule has 39 heavy (non-hydrogen) atoms. The Hall–Kier alpha value is -4.50. The molecule has 2 unspecified atom stereocenters. The smallest absolute Gasteiger partial charge is 0.301 e. The Balaban J connectivity index is 1.44. The Kier molecular flexibility index (Phi) is 6.36. The molecule has 1 fully saturated rings. The monoisotopic (exact) mass is 539 g/mol. The van der Waals surface area contributed by atoms with Crippen LogP contribution in [-0.4, -0.2) is 33.1 Å². The largest absolute Gasteiger partial charge is 0.507 e. The molecular weight excluding hydrogens is 514 g/mol. The molecule has 0 spiro atoms. The number of amides is 1. The van der Waals surface area contributed by atoms with E-state index in [2.05, 4.69) is 10.2 Å². The van der Waals surface area contributed by atoms with E-state index in [0.717, 1.165) is 16.9 Å². The minimum Gasteiger partial charge on any atom is -0.507 e. The van der Waals surface area contributed by atoms with Crippen molar-refractivity contribution in [3.05, 3.63) is 106 Å². The Morgan fingerprint density at radius 2 is 1.90 bits per heavy atom. The number of anilines is 1. The van der Waals surface area contributed by atoms with E-state index in [-0.39, 0.29) is 22.6 Å². The summed E-state index contributed by atoms with van der Waals surface area (Å²) >= 11 is 1.21. The van der Waals surface area contributed by atoms with Crippen LogP contribution in [0.1, 0.15) is 40.2 Å². The van der Waals surface area contributed by atoms with Crippen molar-refractivity contribution in [1.82, 2.24) is 10.2 Å². The van der Waals surface area contributed by atoms with Crippen molar-refractivity contribution >= 4 is 33.9 Å². The number of carbonyl (C=O) groups is 2. The van der Waals surface area contributed by atoms with Gasteiger partial charge in [-0.3, -0.25) is 14.5 Å². The molecule has 2 aliphatic rings. The van der Waals surface area contributed by atoms with Gasteiger partial charge in [0, 0.05) is 12.0 Å². The molecule has 8 nitrogen and oxygen atoms in total. The molecule has 1 aromatic heterocycles. The van der Waals surface area contributed by atoms with Crippen molar-refractivity contribution < 1.29 is 24.2 Å². The minimum absolute atomic E-state index is 0.0139. The number of ether oxygens (including phenoxy) is 2. The van der Waals surface area contributed by atoms with Crippen LogP contribution in [0.3, 0.4) is 0 Å². The molecule has 196 valence electrons. The zero-order chi connectivity index (χ0) is 27.1. The summed E-state index contributed by atoms with van der Waals surface area (Å²) in [5.74, 6) is -0.486. The first kappa shape index (κ1) is 24.8. The number of hydrogen-bond acceptors (Lipinski definition) is 8. The normalized spacial score (nSPS) is 19.7. The molecule has 0 bridgehead atoms. The van der Waals surface area contributed by atoms with Crippen LogP contribution in [0, 0.1) is 6.92 Å². The third kappa shape index (κ3) is 4.66. The van der Waals surface area contributed by atoms with E-state index in [0.29, 0.717) is 34.9 Å². The SMILES string of the molecule is Cc1nnc(N2C(=O)C(=O)/C(=C(/O)c3ccc4c(c3)CC(C)O4)C2c2cccc(OCc3ccccc3)c2)s1. The van der Waals surface area contributed by atoms with E-state index in [1.807, 2.05) is 49.4 Å². The third-order valence-corrected chi connectivity index (χ3v) is 7.60. The summed E-state index contributed by atoms with van der Waals surface area (Å²) in [5.41, 5.74) is 2.98. The lowest BCUT2D eigenvalue weighted by molar-refractivity contribution is -0.132. The molecule has 6 rings (SSSR count). The molecule has 2 atom stereocenters. The van der Waals surface area contributed by atoms with Crippen LogP contribution in [0.25, 0.3) is 5.76 Å². The molecule has 4 aromatic rings. The van der Waals surface area contributed by atoms with Gasteiger partial charge in [0.05, 0.1) is 11.6 Å².